The van der Waals surface area contributed by atoms with E-state index in [1.165, 1.54) is 23.6 Å². The van der Waals surface area contributed by atoms with Crippen molar-refractivity contribution < 1.29 is 24.3 Å². The van der Waals surface area contributed by atoms with E-state index in [9.17, 15) is 19.2 Å². The first kappa shape index (κ1) is 25.2. The van der Waals surface area contributed by atoms with Gasteiger partial charge in [0, 0.05) is 6.54 Å². The molecule has 9 nitrogen and oxygen atoms in total. The molecule has 10 heteroatoms. The molecule has 3 amide bonds. The second-order valence-electron chi connectivity index (χ2n) is 7.84. The number of carboxylic acids is 1. The number of carbonyl (C=O) groups is 4. The predicted octanol–water partition coefficient (Wildman–Crippen LogP) is 0.178. The fourth-order valence-corrected chi connectivity index (χ4v) is 3.74. The number of aliphatic carboxylic acids is 1. The van der Waals surface area contributed by atoms with Gasteiger partial charge in [0.15, 0.2) is 0 Å². The summed E-state index contributed by atoms with van der Waals surface area (Å²) in [6.07, 6.45) is 3.97. The highest BCUT2D eigenvalue weighted by molar-refractivity contribution is 7.98. The van der Waals surface area contributed by atoms with E-state index in [-0.39, 0.29) is 11.8 Å². The number of nitrogens with zero attached hydrogens (tertiary/aromatic N) is 1. The van der Waals surface area contributed by atoms with Gasteiger partial charge in [0.1, 0.15) is 18.1 Å². The highest BCUT2D eigenvalue weighted by atomic mass is 32.2. The summed E-state index contributed by atoms with van der Waals surface area (Å²) in [5, 5.41) is 14.1. The first-order valence-corrected chi connectivity index (χ1v) is 11.4. The third-order valence-electron chi connectivity index (χ3n) is 4.85. The molecule has 1 fully saturated rings. The van der Waals surface area contributed by atoms with Gasteiger partial charge in [-0.25, -0.2) is 0 Å². The highest BCUT2D eigenvalue weighted by Gasteiger charge is 2.37. The average molecular weight is 431 g/mol. The zero-order valence-electron chi connectivity index (χ0n) is 17.6. The molecule has 0 aromatic carbocycles. The van der Waals surface area contributed by atoms with Gasteiger partial charge in [0.25, 0.3) is 0 Å². The number of likely N-dealkylation sites (tertiary alicyclic amines) is 1. The SMILES string of the molecule is CSCCC(NC(=O)C1CCCN1C(=O)C(N)CC(C)C)C(=O)NC(C)C(=O)O. The molecule has 1 aliphatic heterocycles. The molecule has 29 heavy (non-hydrogen) atoms. The Morgan fingerprint density at radius 3 is 2.41 bits per heavy atom. The molecule has 0 bridgehead atoms. The van der Waals surface area contributed by atoms with Crippen LogP contribution >= 0.6 is 11.8 Å². The van der Waals surface area contributed by atoms with Crippen LogP contribution in [0.3, 0.4) is 0 Å². The van der Waals surface area contributed by atoms with Crippen LogP contribution in [-0.4, -0.2) is 76.4 Å². The molecule has 0 aromatic rings. The molecule has 1 saturated heterocycles. The van der Waals surface area contributed by atoms with Crippen molar-refractivity contribution in [1.29, 1.82) is 0 Å². The number of nitrogens with one attached hydrogen (secondary N) is 2. The molecule has 166 valence electrons. The molecule has 0 saturated carbocycles. The van der Waals surface area contributed by atoms with E-state index in [0.29, 0.717) is 38.0 Å². The van der Waals surface area contributed by atoms with Crippen molar-refractivity contribution in [3.8, 4) is 0 Å². The molecule has 1 heterocycles. The zero-order valence-corrected chi connectivity index (χ0v) is 18.5. The van der Waals surface area contributed by atoms with Gasteiger partial charge in [-0.1, -0.05) is 13.8 Å². The Morgan fingerprint density at radius 2 is 1.86 bits per heavy atom. The molecule has 0 spiro atoms. The van der Waals surface area contributed by atoms with Crippen molar-refractivity contribution in [3.63, 3.8) is 0 Å². The fourth-order valence-electron chi connectivity index (χ4n) is 3.27. The Morgan fingerprint density at radius 1 is 1.21 bits per heavy atom. The Labute approximate surface area is 176 Å². The molecule has 4 unspecified atom stereocenters. The summed E-state index contributed by atoms with van der Waals surface area (Å²) in [7, 11) is 0. The lowest BCUT2D eigenvalue weighted by Gasteiger charge is -2.29. The lowest BCUT2D eigenvalue weighted by atomic mass is 10.0. The Balaban J connectivity index is 2.82. The van der Waals surface area contributed by atoms with Gasteiger partial charge in [-0.3, -0.25) is 19.2 Å². The van der Waals surface area contributed by atoms with Crippen LogP contribution in [0.1, 0.15) is 46.5 Å². The van der Waals surface area contributed by atoms with Crippen molar-refractivity contribution in [2.75, 3.05) is 18.6 Å². The first-order valence-electron chi connectivity index (χ1n) is 9.97. The summed E-state index contributed by atoms with van der Waals surface area (Å²) in [5.41, 5.74) is 6.01. The number of nitrogens with two attached hydrogens (primary N) is 1. The number of amides is 3. The van der Waals surface area contributed by atoms with Crippen LogP contribution in [-0.2, 0) is 19.2 Å². The standard InChI is InChI=1S/C19H34N4O5S/c1-11(2)10-13(20)18(26)23-8-5-6-15(23)17(25)22-14(7-9-29-4)16(24)21-12(3)19(27)28/h11-15H,5-10,20H2,1-4H3,(H,21,24)(H,22,25)(H,27,28). The first-order chi connectivity index (χ1) is 13.6. The Hall–Kier alpha value is -1.81. The average Bonchev–Trinajstić information content (AvgIpc) is 3.13. The van der Waals surface area contributed by atoms with Crippen LogP contribution in [0.4, 0.5) is 0 Å². The molecule has 4 atom stereocenters. The van der Waals surface area contributed by atoms with Crippen molar-refractivity contribution >= 4 is 35.5 Å². The normalized spacial score (nSPS) is 19.5. The summed E-state index contributed by atoms with van der Waals surface area (Å²) < 4.78 is 0. The Bertz CT molecular complexity index is 601. The summed E-state index contributed by atoms with van der Waals surface area (Å²) in [6, 6.07) is -3.24. The van der Waals surface area contributed by atoms with Crippen LogP contribution in [0.15, 0.2) is 0 Å². The van der Waals surface area contributed by atoms with E-state index in [2.05, 4.69) is 10.6 Å². The maximum Gasteiger partial charge on any atom is 0.325 e. The maximum absolute atomic E-state index is 12.9. The molecule has 0 aromatic heterocycles. The summed E-state index contributed by atoms with van der Waals surface area (Å²) in [4.78, 5) is 50.5. The van der Waals surface area contributed by atoms with Gasteiger partial charge in [-0.15, -0.1) is 0 Å². The molecule has 1 rings (SSSR count). The molecule has 5 N–H and O–H groups in total. The number of hydrogen-bond donors (Lipinski definition) is 4. The number of carbonyl (C=O) groups excluding carboxylic acids is 3. The third-order valence-corrected chi connectivity index (χ3v) is 5.50. The Kier molecular flexibility index (Phi) is 10.5. The van der Waals surface area contributed by atoms with Gasteiger partial charge in [0.2, 0.25) is 17.7 Å². The summed E-state index contributed by atoms with van der Waals surface area (Å²) in [6.45, 7) is 5.78. The highest BCUT2D eigenvalue weighted by Crippen LogP contribution is 2.20. The van der Waals surface area contributed by atoms with E-state index in [4.69, 9.17) is 10.8 Å². The topological polar surface area (TPSA) is 142 Å². The second-order valence-corrected chi connectivity index (χ2v) is 8.82. The number of hydrogen-bond acceptors (Lipinski definition) is 6. The van der Waals surface area contributed by atoms with Gasteiger partial charge >= 0.3 is 5.97 Å². The molecule has 0 radical (unpaired) electrons. The summed E-state index contributed by atoms with van der Waals surface area (Å²) >= 11 is 1.52. The minimum Gasteiger partial charge on any atom is -0.480 e. The van der Waals surface area contributed by atoms with Gasteiger partial charge in [-0.05, 0) is 50.5 Å². The third kappa shape index (κ3) is 7.85. The van der Waals surface area contributed by atoms with E-state index in [1.54, 1.807) is 0 Å². The van der Waals surface area contributed by atoms with Crippen LogP contribution in [0.25, 0.3) is 0 Å². The molecule has 1 aliphatic rings. The van der Waals surface area contributed by atoms with E-state index in [1.807, 2.05) is 20.1 Å². The molecular formula is C19H34N4O5S. The minimum absolute atomic E-state index is 0.249. The quantitative estimate of drug-likeness (QED) is 0.366. The molecule has 0 aliphatic carbocycles. The number of rotatable bonds is 11. The van der Waals surface area contributed by atoms with Gasteiger partial charge in [0.05, 0.1) is 6.04 Å². The fraction of sp³-hybridized carbons (Fsp3) is 0.789. The van der Waals surface area contributed by atoms with Crippen LogP contribution in [0.2, 0.25) is 0 Å². The van der Waals surface area contributed by atoms with Crippen LogP contribution in [0.5, 0.6) is 0 Å². The number of thioether (sulfide) groups is 1. The van der Waals surface area contributed by atoms with Gasteiger partial charge < -0.3 is 26.4 Å². The predicted molar refractivity (Wildman–Crippen MR) is 112 cm³/mol. The smallest absolute Gasteiger partial charge is 0.325 e. The van der Waals surface area contributed by atoms with E-state index in [0.717, 1.165) is 0 Å². The van der Waals surface area contributed by atoms with Crippen LogP contribution in [0, 0.1) is 5.92 Å². The minimum atomic E-state index is -1.15. The zero-order chi connectivity index (χ0) is 22.1. The largest absolute Gasteiger partial charge is 0.480 e. The lowest BCUT2D eigenvalue weighted by Crippen LogP contribution is -2.56. The van der Waals surface area contributed by atoms with E-state index >= 15 is 0 Å². The van der Waals surface area contributed by atoms with Crippen molar-refractivity contribution in [2.45, 2.75) is 70.6 Å². The van der Waals surface area contributed by atoms with Gasteiger partial charge in [-0.2, -0.15) is 11.8 Å². The lowest BCUT2D eigenvalue weighted by molar-refractivity contribution is -0.142. The second kappa shape index (κ2) is 12.0. The van der Waals surface area contributed by atoms with Crippen molar-refractivity contribution in [2.24, 2.45) is 11.7 Å². The molecular weight excluding hydrogens is 396 g/mol. The van der Waals surface area contributed by atoms with E-state index < -0.39 is 42.0 Å². The number of carboxylic acid groups (broad SMARTS) is 1. The summed E-state index contributed by atoms with van der Waals surface area (Å²) in [5.74, 6) is -1.47. The van der Waals surface area contributed by atoms with Crippen molar-refractivity contribution in [3.05, 3.63) is 0 Å². The monoisotopic (exact) mass is 430 g/mol. The van der Waals surface area contributed by atoms with Crippen molar-refractivity contribution in [1.82, 2.24) is 15.5 Å². The van der Waals surface area contributed by atoms with Crippen LogP contribution < -0.4 is 16.4 Å². The maximum atomic E-state index is 12.9.